The monoisotopic (exact) mass is 452 g/mol. The van der Waals surface area contributed by atoms with Gasteiger partial charge in [0.1, 0.15) is 17.1 Å². The minimum absolute atomic E-state index is 0.0193. The summed E-state index contributed by atoms with van der Waals surface area (Å²) in [5, 5.41) is 4.36. The van der Waals surface area contributed by atoms with E-state index < -0.39 is 12.0 Å². The van der Waals surface area contributed by atoms with E-state index in [1.165, 1.54) is 38.5 Å². The highest BCUT2D eigenvalue weighted by Crippen LogP contribution is 2.34. The molecule has 1 aliphatic heterocycles. The smallest absolute Gasteiger partial charge is 0.263 e. The molecule has 5 rings (SSSR count). The highest BCUT2D eigenvalue weighted by molar-refractivity contribution is 7.18. The number of rotatable bonds is 4. The van der Waals surface area contributed by atoms with Crippen LogP contribution in [0.15, 0.2) is 58.3 Å². The summed E-state index contributed by atoms with van der Waals surface area (Å²) in [7, 11) is 0. The quantitative estimate of drug-likeness (QED) is 0.512. The number of carbonyl (C=O) groups is 2. The summed E-state index contributed by atoms with van der Waals surface area (Å²) < 4.78 is 6.90. The Labute approximate surface area is 184 Å². The van der Waals surface area contributed by atoms with Gasteiger partial charge >= 0.3 is 0 Å². The largest absolute Gasteiger partial charge is 0.477 e. The Morgan fingerprint density at radius 1 is 1.19 bits per heavy atom. The van der Waals surface area contributed by atoms with Crippen LogP contribution in [0.25, 0.3) is 20.7 Å². The summed E-state index contributed by atoms with van der Waals surface area (Å²) in [5.41, 5.74) is 6.48. The molecule has 0 bridgehead atoms. The fraction of sp³-hybridized carbons (Fsp3) is 0.143. The summed E-state index contributed by atoms with van der Waals surface area (Å²) in [6, 6.07) is 10.8. The van der Waals surface area contributed by atoms with Gasteiger partial charge in [-0.1, -0.05) is 18.2 Å². The number of hydrogen-bond acceptors (Lipinski definition) is 7. The van der Waals surface area contributed by atoms with Gasteiger partial charge in [-0.25, -0.2) is 4.98 Å². The molecular formula is C21H16N4O4S2. The van der Waals surface area contributed by atoms with Crippen LogP contribution < -0.4 is 20.9 Å². The number of para-hydroxylation sites is 2. The van der Waals surface area contributed by atoms with E-state index in [-0.39, 0.29) is 24.6 Å². The lowest BCUT2D eigenvalue weighted by Gasteiger charge is -2.33. The third kappa shape index (κ3) is 3.39. The minimum atomic E-state index is -0.960. The molecule has 0 fully saturated rings. The van der Waals surface area contributed by atoms with Crippen LogP contribution in [0.4, 0.5) is 5.69 Å². The van der Waals surface area contributed by atoms with E-state index >= 15 is 0 Å². The van der Waals surface area contributed by atoms with E-state index in [1.807, 2.05) is 22.9 Å². The van der Waals surface area contributed by atoms with Gasteiger partial charge in [0.05, 0.1) is 23.9 Å². The molecule has 1 aliphatic rings. The number of nitrogens with two attached hydrogens (primary N) is 1. The van der Waals surface area contributed by atoms with Gasteiger partial charge in [0.15, 0.2) is 6.10 Å². The molecule has 0 radical (unpaired) electrons. The molecule has 0 spiro atoms. The van der Waals surface area contributed by atoms with Gasteiger partial charge in [-0.05, 0) is 23.6 Å². The second-order valence-corrected chi connectivity index (χ2v) is 8.77. The van der Waals surface area contributed by atoms with Crippen molar-refractivity contribution in [2.24, 2.45) is 5.73 Å². The van der Waals surface area contributed by atoms with E-state index in [0.29, 0.717) is 21.7 Å². The Morgan fingerprint density at radius 2 is 2.03 bits per heavy atom. The molecule has 8 nitrogen and oxygen atoms in total. The van der Waals surface area contributed by atoms with Crippen LogP contribution in [0.1, 0.15) is 0 Å². The minimum Gasteiger partial charge on any atom is -0.477 e. The van der Waals surface area contributed by atoms with E-state index in [0.717, 1.165) is 10.4 Å². The van der Waals surface area contributed by atoms with Crippen LogP contribution >= 0.6 is 22.7 Å². The first-order valence-electron chi connectivity index (χ1n) is 9.39. The van der Waals surface area contributed by atoms with Crippen molar-refractivity contribution >= 4 is 50.4 Å². The predicted molar refractivity (Wildman–Crippen MR) is 120 cm³/mol. The number of carbonyl (C=O) groups excluding carboxylic acids is 2. The molecule has 156 valence electrons. The number of aromatic nitrogens is 2. The summed E-state index contributed by atoms with van der Waals surface area (Å²) in [6.45, 7) is -0.240. The Morgan fingerprint density at radius 3 is 2.81 bits per heavy atom. The zero-order chi connectivity index (χ0) is 21.5. The van der Waals surface area contributed by atoms with Crippen molar-refractivity contribution in [3.05, 3.63) is 63.8 Å². The molecule has 0 aliphatic carbocycles. The van der Waals surface area contributed by atoms with Crippen LogP contribution in [0, 0.1) is 0 Å². The lowest BCUT2D eigenvalue weighted by atomic mass is 10.1. The lowest BCUT2D eigenvalue weighted by molar-refractivity contribution is -0.125. The van der Waals surface area contributed by atoms with Gasteiger partial charge in [-0.3, -0.25) is 19.0 Å². The average molecular weight is 453 g/mol. The zero-order valence-electron chi connectivity index (χ0n) is 16.1. The number of fused-ring (bicyclic) bond motifs is 2. The number of hydrogen-bond donors (Lipinski definition) is 1. The van der Waals surface area contributed by atoms with Crippen LogP contribution in [0.3, 0.4) is 0 Å². The first-order chi connectivity index (χ1) is 15.0. The van der Waals surface area contributed by atoms with E-state index in [9.17, 15) is 14.4 Å². The van der Waals surface area contributed by atoms with Gasteiger partial charge in [0.2, 0.25) is 5.91 Å². The molecular weight excluding hydrogens is 436 g/mol. The van der Waals surface area contributed by atoms with Gasteiger partial charge in [0.25, 0.3) is 11.5 Å². The molecule has 3 aromatic heterocycles. The fourth-order valence-corrected chi connectivity index (χ4v) is 5.26. The summed E-state index contributed by atoms with van der Waals surface area (Å²) in [6.07, 6.45) is 0.424. The molecule has 4 aromatic rings. The third-order valence-corrected chi connectivity index (χ3v) is 6.83. The van der Waals surface area contributed by atoms with Crippen molar-refractivity contribution in [1.29, 1.82) is 0 Å². The van der Waals surface area contributed by atoms with Crippen LogP contribution in [0.2, 0.25) is 0 Å². The van der Waals surface area contributed by atoms with Crippen LogP contribution in [0.5, 0.6) is 5.75 Å². The van der Waals surface area contributed by atoms with Gasteiger partial charge in [-0.2, -0.15) is 0 Å². The van der Waals surface area contributed by atoms with Crippen LogP contribution in [-0.4, -0.2) is 34.0 Å². The standard InChI is InChI=1S/C21H16N4O4S2/c22-19(27)15-8-25(13-4-1-2-5-14(13)29-15)17(26)9-24-11-23-20-18(21(24)28)12(10-31-20)16-6-3-7-30-16/h1-7,10-11,15H,8-9H2,(H2,22,27). The highest BCUT2D eigenvalue weighted by Gasteiger charge is 2.32. The molecule has 4 heterocycles. The zero-order valence-corrected chi connectivity index (χ0v) is 17.7. The first kappa shape index (κ1) is 19.5. The summed E-state index contributed by atoms with van der Waals surface area (Å²) >= 11 is 2.93. The molecule has 10 heteroatoms. The number of thiophene rings is 2. The number of anilines is 1. The number of benzene rings is 1. The van der Waals surface area contributed by atoms with Crippen molar-refractivity contribution in [2.75, 3.05) is 11.4 Å². The Bertz CT molecular complexity index is 1360. The second kappa shape index (κ2) is 7.64. The molecule has 2 amide bonds. The van der Waals surface area contributed by atoms with Crippen molar-refractivity contribution in [2.45, 2.75) is 12.6 Å². The molecule has 2 N–H and O–H groups in total. The van der Waals surface area contributed by atoms with E-state index in [2.05, 4.69) is 4.98 Å². The summed E-state index contributed by atoms with van der Waals surface area (Å²) in [5.74, 6) is -0.630. The topological polar surface area (TPSA) is 108 Å². The Balaban J connectivity index is 1.51. The SMILES string of the molecule is NC(=O)C1CN(C(=O)Cn2cnc3scc(-c4cccs4)c3c2=O)c2ccccc2O1. The number of nitrogens with zero attached hydrogens (tertiary/aromatic N) is 3. The Kier molecular flexibility index (Phi) is 4.79. The average Bonchev–Trinajstić information content (AvgIpc) is 3.44. The van der Waals surface area contributed by atoms with Crippen molar-refractivity contribution in [1.82, 2.24) is 9.55 Å². The molecule has 31 heavy (non-hydrogen) atoms. The normalized spacial score (nSPS) is 15.5. The van der Waals surface area contributed by atoms with Gasteiger partial charge in [0, 0.05) is 15.8 Å². The highest BCUT2D eigenvalue weighted by atomic mass is 32.1. The van der Waals surface area contributed by atoms with E-state index in [4.69, 9.17) is 10.5 Å². The number of primary amides is 1. The van der Waals surface area contributed by atoms with Crippen LogP contribution in [-0.2, 0) is 16.1 Å². The molecule has 1 aromatic carbocycles. The maximum atomic E-state index is 13.2. The first-order valence-corrected chi connectivity index (χ1v) is 11.1. The molecule has 0 saturated carbocycles. The van der Waals surface area contributed by atoms with Gasteiger partial charge in [-0.15, -0.1) is 22.7 Å². The van der Waals surface area contributed by atoms with Crippen molar-refractivity contribution < 1.29 is 14.3 Å². The number of ether oxygens (including phenoxy) is 1. The Hall–Kier alpha value is -3.50. The fourth-order valence-electron chi connectivity index (χ4n) is 3.54. The predicted octanol–water partition coefficient (Wildman–Crippen LogP) is 2.47. The number of amides is 2. The second-order valence-electron chi connectivity index (χ2n) is 6.97. The maximum Gasteiger partial charge on any atom is 0.263 e. The maximum absolute atomic E-state index is 13.2. The van der Waals surface area contributed by atoms with E-state index in [1.54, 1.807) is 24.3 Å². The van der Waals surface area contributed by atoms with Crippen molar-refractivity contribution in [3.63, 3.8) is 0 Å². The lowest BCUT2D eigenvalue weighted by Crippen LogP contribution is -2.50. The molecule has 1 atom stereocenters. The van der Waals surface area contributed by atoms with Crippen molar-refractivity contribution in [3.8, 4) is 16.2 Å². The van der Waals surface area contributed by atoms with Gasteiger partial charge < -0.3 is 15.4 Å². The third-order valence-electron chi connectivity index (χ3n) is 5.05. The molecule has 1 unspecified atom stereocenters. The summed E-state index contributed by atoms with van der Waals surface area (Å²) in [4.78, 5) is 45.5. The molecule has 0 saturated heterocycles.